The van der Waals surface area contributed by atoms with Gasteiger partial charge in [-0.05, 0) is 30.5 Å². The monoisotopic (exact) mass is 350 g/mol. The zero-order valence-electron chi connectivity index (χ0n) is 14.9. The van der Waals surface area contributed by atoms with Crippen LogP contribution in [0.1, 0.15) is 32.3 Å². The van der Waals surface area contributed by atoms with Crippen LogP contribution in [0.5, 0.6) is 5.75 Å². The molecule has 0 radical (unpaired) electrons. The van der Waals surface area contributed by atoms with E-state index in [4.69, 9.17) is 9.47 Å². The molecule has 0 unspecified atom stereocenters. The summed E-state index contributed by atoms with van der Waals surface area (Å²) in [6, 6.07) is 6.95. The highest BCUT2D eigenvalue weighted by molar-refractivity contribution is 6.07. The molecule has 2 rings (SSSR count). The number of rotatable bonds is 9. The van der Waals surface area contributed by atoms with E-state index >= 15 is 0 Å². The zero-order chi connectivity index (χ0) is 18.4. The molecule has 138 valence electrons. The van der Waals surface area contributed by atoms with Crippen molar-refractivity contribution in [1.82, 2.24) is 10.2 Å². The number of imide groups is 1. The Hall–Kier alpha value is -2.12. The van der Waals surface area contributed by atoms with Crippen molar-refractivity contribution in [2.45, 2.75) is 44.9 Å². The van der Waals surface area contributed by atoms with Gasteiger partial charge in [0.2, 0.25) is 0 Å². The Morgan fingerprint density at radius 1 is 1.20 bits per heavy atom. The minimum Gasteiger partial charge on any atom is -0.497 e. The highest BCUT2D eigenvalue weighted by Crippen LogP contribution is 2.25. The van der Waals surface area contributed by atoms with E-state index in [1.54, 1.807) is 7.11 Å². The van der Waals surface area contributed by atoms with E-state index in [2.05, 4.69) is 5.32 Å². The van der Waals surface area contributed by atoms with E-state index < -0.39 is 17.7 Å². The van der Waals surface area contributed by atoms with Crippen LogP contribution in [0.4, 0.5) is 4.79 Å². The third-order valence-electron chi connectivity index (χ3n) is 4.58. The number of aliphatic hydroxyl groups excluding tert-OH is 1. The summed E-state index contributed by atoms with van der Waals surface area (Å²) in [5, 5.41) is 12.8. The molecular formula is C18H26N2O5. The lowest BCUT2D eigenvalue weighted by atomic mass is 9.93. The maximum Gasteiger partial charge on any atom is 0.325 e. The first kappa shape index (κ1) is 19.2. The number of hydrogen-bond acceptors (Lipinski definition) is 5. The number of hydrogen-bond donors (Lipinski definition) is 2. The normalized spacial score (nSPS) is 17.5. The lowest BCUT2D eigenvalue weighted by molar-refractivity contribution is -0.133. The Balaban J connectivity index is 1.82. The van der Waals surface area contributed by atoms with Crippen molar-refractivity contribution in [3.63, 3.8) is 0 Å². The number of amides is 3. The number of ether oxygens (including phenoxy) is 2. The van der Waals surface area contributed by atoms with Crippen molar-refractivity contribution in [3.8, 4) is 5.75 Å². The molecule has 1 heterocycles. The minimum absolute atomic E-state index is 0.0361. The summed E-state index contributed by atoms with van der Waals surface area (Å²) in [5.74, 6) is 0.481. The summed E-state index contributed by atoms with van der Waals surface area (Å²) in [5.41, 5.74) is 0.0970. The van der Waals surface area contributed by atoms with Crippen LogP contribution in [0, 0.1) is 0 Å². The Morgan fingerprint density at radius 2 is 1.84 bits per heavy atom. The second kappa shape index (κ2) is 8.31. The summed E-state index contributed by atoms with van der Waals surface area (Å²) >= 11 is 0. The average Bonchev–Trinajstić information content (AvgIpc) is 2.87. The van der Waals surface area contributed by atoms with E-state index in [1.807, 2.05) is 38.1 Å². The summed E-state index contributed by atoms with van der Waals surface area (Å²) < 4.78 is 10.6. The zero-order valence-corrected chi connectivity index (χ0v) is 14.9. The summed E-state index contributed by atoms with van der Waals surface area (Å²) in [4.78, 5) is 25.6. The predicted octanol–water partition coefficient (Wildman–Crippen LogP) is 1.68. The van der Waals surface area contributed by atoms with Crippen molar-refractivity contribution in [2.24, 2.45) is 0 Å². The molecule has 1 aliphatic heterocycles. The van der Waals surface area contributed by atoms with Crippen molar-refractivity contribution >= 4 is 11.9 Å². The molecule has 1 atom stereocenters. The molecule has 0 bridgehead atoms. The third-order valence-corrected chi connectivity index (χ3v) is 4.58. The maximum absolute atomic E-state index is 12.5. The molecule has 1 aromatic rings. The molecule has 1 aromatic carbocycles. The van der Waals surface area contributed by atoms with Gasteiger partial charge in [-0.2, -0.15) is 0 Å². The van der Waals surface area contributed by atoms with Crippen LogP contribution in [0.2, 0.25) is 0 Å². The number of carbonyl (C=O) groups excluding carboxylic acids is 2. The predicted molar refractivity (Wildman–Crippen MR) is 92.2 cm³/mol. The van der Waals surface area contributed by atoms with Crippen molar-refractivity contribution in [3.05, 3.63) is 29.8 Å². The van der Waals surface area contributed by atoms with Gasteiger partial charge in [-0.3, -0.25) is 9.69 Å². The first-order valence-electron chi connectivity index (χ1n) is 8.48. The number of carbonyl (C=O) groups is 2. The Bertz CT molecular complexity index is 598. The van der Waals surface area contributed by atoms with Crippen molar-refractivity contribution < 1.29 is 24.2 Å². The maximum atomic E-state index is 12.5. The van der Waals surface area contributed by atoms with Gasteiger partial charge in [0.1, 0.15) is 11.3 Å². The summed E-state index contributed by atoms with van der Waals surface area (Å²) in [7, 11) is 1.60. The summed E-state index contributed by atoms with van der Waals surface area (Å²) in [6.07, 6.45) is 0.112. The number of methoxy groups -OCH3 is 1. The van der Waals surface area contributed by atoms with Gasteiger partial charge in [-0.15, -0.1) is 0 Å². The first-order valence-corrected chi connectivity index (χ1v) is 8.48. The molecule has 1 saturated heterocycles. The number of urea groups is 1. The smallest absolute Gasteiger partial charge is 0.325 e. The van der Waals surface area contributed by atoms with Gasteiger partial charge in [0.15, 0.2) is 0 Å². The van der Waals surface area contributed by atoms with E-state index in [-0.39, 0.29) is 19.1 Å². The molecule has 0 aromatic heterocycles. The SMILES string of the molecule is CCC1(CC)NC(=O)N(C[C@H](O)COCc2ccc(OC)cc2)C1=O. The van der Waals surface area contributed by atoms with Crippen LogP contribution in [0.25, 0.3) is 0 Å². The van der Waals surface area contributed by atoms with Crippen LogP contribution >= 0.6 is 0 Å². The molecule has 3 amide bonds. The van der Waals surface area contributed by atoms with Gasteiger partial charge >= 0.3 is 6.03 Å². The van der Waals surface area contributed by atoms with E-state index in [0.717, 1.165) is 16.2 Å². The highest BCUT2D eigenvalue weighted by atomic mass is 16.5. The second-order valence-corrected chi connectivity index (χ2v) is 6.15. The topological polar surface area (TPSA) is 88.1 Å². The number of benzene rings is 1. The molecule has 0 spiro atoms. The summed E-state index contributed by atoms with van der Waals surface area (Å²) in [6.45, 7) is 4.01. The molecule has 7 heteroatoms. The van der Waals surface area contributed by atoms with E-state index in [1.165, 1.54) is 0 Å². The van der Waals surface area contributed by atoms with Crippen molar-refractivity contribution in [2.75, 3.05) is 20.3 Å². The van der Waals surface area contributed by atoms with Crippen LogP contribution in [0.3, 0.4) is 0 Å². The van der Waals surface area contributed by atoms with Gasteiger partial charge < -0.3 is 19.9 Å². The molecule has 0 aliphatic carbocycles. The fraction of sp³-hybridized carbons (Fsp3) is 0.556. The van der Waals surface area contributed by atoms with Gasteiger partial charge in [-0.25, -0.2) is 4.79 Å². The van der Waals surface area contributed by atoms with E-state index in [9.17, 15) is 14.7 Å². The highest BCUT2D eigenvalue weighted by Gasteiger charge is 2.48. The van der Waals surface area contributed by atoms with Crippen LogP contribution in [0.15, 0.2) is 24.3 Å². The molecule has 25 heavy (non-hydrogen) atoms. The Labute approximate surface area is 147 Å². The van der Waals surface area contributed by atoms with Crippen LogP contribution in [-0.4, -0.2) is 53.8 Å². The van der Waals surface area contributed by atoms with Gasteiger partial charge in [0, 0.05) is 0 Å². The number of nitrogens with one attached hydrogen (secondary N) is 1. The standard InChI is InChI=1S/C18H26N2O5/c1-4-18(5-2)16(22)20(17(23)19-18)10-14(21)12-25-11-13-6-8-15(24-3)9-7-13/h6-9,14,21H,4-5,10-12H2,1-3H3,(H,19,23)/t14-/m0/s1. The Morgan fingerprint density at radius 3 is 2.36 bits per heavy atom. The number of β-amino-alcohol motifs (C(OH)–C–C–N with tert-alkyl or cyclic N) is 1. The fourth-order valence-electron chi connectivity index (χ4n) is 2.87. The van der Waals surface area contributed by atoms with Gasteiger partial charge in [0.05, 0.1) is 33.0 Å². The third kappa shape index (κ3) is 4.29. The van der Waals surface area contributed by atoms with Gasteiger partial charge in [-0.1, -0.05) is 26.0 Å². The number of nitrogens with zero attached hydrogens (tertiary/aromatic N) is 1. The van der Waals surface area contributed by atoms with Gasteiger partial charge in [0.25, 0.3) is 5.91 Å². The second-order valence-electron chi connectivity index (χ2n) is 6.15. The molecular weight excluding hydrogens is 324 g/mol. The van der Waals surface area contributed by atoms with Crippen molar-refractivity contribution in [1.29, 1.82) is 0 Å². The fourth-order valence-corrected chi connectivity index (χ4v) is 2.87. The lowest BCUT2D eigenvalue weighted by Gasteiger charge is -2.23. The molecule has 0 saturated carbocycles. The molecule has 2 N–H and O–H groups in total. The van der Waals surface area contributed by atoms with E-state index in [0.29, 0.717) is 19.4 Å². The minimum atomic E-state index is -0.933. The molecule has 7 nitrogen and oxygen atoms in total. The molecule has 1 fully saturated rings. The Kier molecular flexibility index (Phi) is 6.39. The first-order chi connectivity index (χ1) is 12.0. The van der Waals surface area contributed by atoms with Crippen LogP contribution < -0.4 is 10.1 Å². The lowest BCUT2D eigenvalue weighted by Crippen LogP contribution is -2.46. The number of aliphatic hydroxyl groups is 1. The molecule has 1 aliphatic rings. The van der Waals surface area contributed by atoms with Crippen LogP contribution in [-0.2, 0) is 16.1 Å². The quantitative estimate of drug-likeness (QED) is 0.662. The largest absolute Gasteiger partial charge is 0.497 e. The average molecular weight is 350 g/mol.